The lowest BCUT2D eigenvalue weighted by Gasteiger charge is -2.21. The maximum Gasteiger partial charge on any atom is 0.416 e. The quantitative estimate of drug-likeness (QED) is 0.806. The van der Waals surface area contributed by atoms with Crippen LogP contribution in [0.2, 0.25) is 0 Å². The predicted molar refractivity (Wildman–Crippen MR) is 76.7 cm³/mol. The second kappa shape index (κ2) is 6.33. The van der Waals surface area contributed by atoms with Gasteiger partial charge in [0.05, 0.1) is 18.4 Å². The van der Waals surface area contributed by atoms with E-state index >= 15 is 0 Å². The Morgan fingerprint density at radius 2 is 2.00 bits per heavy atom. The first-order valence-electron chi connectivity index (χ1n) is 6.67. The highest BCUT2D eigenvalue weighted by Gasteiger charge is 2.30. The molecule has 5 nitrogen and oxygen atoms in total. The van der Waals surface area contributed by atoms with E-state index in [9.17, 15) is 23.1 Å². The summed E-state index contributed by atoms with van der Waals surface area (Å²) in [5.74, 6) is 0.261. The molecule has 1 heterocycles. The Balaban J connectivity index is 1.95. The minimum Gasteiger partial charge on any atom is -0.466 e. The van der Waals surface area contributed by atoms with Crippen LogP contribution in [-0.4, -0.2) is 17.7 Å². The van der Waals surface area contributed by atoms with Gasteiger partial charge in [-0.2, -0.15) is 13.2 Å². The number of furan rings is 1. The monoisotopic (exact) mass is 328 g/mol. The van der Waals surface area contributed by atoms with Gasteiger partial charge in [0.15, 0.2) is 0 Å². The molecule has 8 heteroatoms. The van der Waals surface area contributed by atoms with Crippen LogP contribution in [0.25, 0.3) is 0 Å². The van der Waals surface area contributed by atoms with Crippen LogP contribution in [-0.2, 0) is 11.8 Å². The van der Waals surface area contributed by atoms with Crippen LogP contribution in [0.3, 0.4) is 0 Å². The Morgan fingerprint density at radius 1 is 1.26 bits per heavy atom. The third-order valence-electron chi connectivity index (χ3n) is 3.09. The van der Waals surface area contributed by atoms with Crippen molar-refractivity contribution >= 4 is 11.7 Å². The van der Waals surface area contributed by atoms with Crippen LogP contribution in [0.15, 0.2) is 47.1 Å². The second-order valence-electron chi connectivity index (χ2n) is 5.14. The Hall–Kier alpha value is -2.48. The zero-order chi connectivity index (χ0) is 17.1. The summed E-state index contributed by atoms with van der Waals surface area (Å²) >= 11 is 0. The number of alkyl halides is 3. The number of amides is 2. The third-order valence-corrected chi connectivity index (χ3v) is 3.09. The number of urea groups is 1. The summed E-state index contributed by atoms with van der Waals surface area (Å²) in [6.07, 6.45) is -3.11. The molecule has 0 spiro atoms. The highest BCUT2D eigenvalue weighted by Crippen LogP contribution is 2.30. The van der Waals surface area contributed by atoms with Crippen LogP contribution in [0.1, 0.15) is 18.2 Å². The predicted octanol–water partition coefficient (Wildman–Crippen LogP) is 3.33. The van der Waals surface area contributed by atoms with Gasteiger partial charge in [-0.05, 0) is 37.3 Å². The number of nitrogens with one attached hydrogen (secondary N) is 2. The molecule has 1 unspecified atom stereocenters. The molecule has 0 fully saturated rings. The van der Waals surface area contributed by atoms with Gasteiger partial charge in [0, 0.05) is 5.69 Å². The molecule has 3 N–H and O–H groups in total. The summed E-state index contributed by atoms with van der Waals surface area (Å²) in [6.45, 7) is 1.27. The maximum absolute atomic E-state index is 12.6. The maximum atomic E-state index is 12.6. The Morgan fingerprint density at radius 3 is 2.61 bits per heavy atom. The molecule has 0 saturated carbocycles. The first-order chi connectivity index (χ1) is 10.7. The van der Waals surface area contributed by atoms with Crippen molar-refractivity contribution in [2.24, 2.45) is 0 Å². The van der Waals surface area contributed by atoms with Crippen molar-refractivity contribution < 1.29 is 27.5 Å². The van der Waals surface area contributed by atoms with E-state index in [1.54, 1.807) is 12.1 Å². The zero-order valence-corrected chi connectivity index (χ0v) is 12.1. The molecular weight excluding hydrogens is 313 g/mol. The Kier molecular flexibility index (Phi) is 4.65. The summed E-state index contributed by atoms with van der Waals surface area (Å²) < 4.78 is 42.8. The van der Waals surface area contributed by atoms with E-state index < -0.39 is 23.4 Å². The summed E-state index contributed by atoms with van der Waals surface area (Å²) in [7, 11) is 0. The van der Waals surface area contributed by atoms with Crippen LogP contribution in [0.4, 0.5) is 23.7 Å². The molecule has 2 aromatic rings. The Bertz CT molecular complexity index is 667. The minimum atomic E-state index is -4.49. The number of hydrogen-bond donors (Lipinski definition) is 3. The number of hydrogen-bond acceptors (Lipinski definition) is 3. The fourth-order valence-electron chi connectivity index (χ4n) is 1.87. The Labute approximate surface area is 130 Å². The largest absolute Gasteiger partial charge is 0.466 e. The molecule has 124 valence electrons. The van der Waals surface area contributed by atoms with Gasteiger partial charge >= 0.3 is 12.2 Å². The number of carbonyl (C=O) groups is 1. The number of carbonyl (C=O) groups excluding carboxylic acids is 1. The molecule has 2 amide bonds. The lowest BCUT2D eigenvalue weighted by Crippen LogP contribution is -2.40. The summed E-state index contributed by atoms with van der Waals surface area (Å²) in [6, 6.07) is 6.65. The number of aliphatic hydroxyl groups is 1. The van der Waals surface area contributed by atoms with Crippen molar-refractivity contribution in [3.05, 3.63) is 54.0 Å². The molecule has 0 aliphatic carbocycles. The molecule has 0 aliphatic rings. The van der Waals surface area contributed by atoms with Crippen molar-refractivity contribution in [2.45, 2.75) is 18.7 Å². The first-order valence-corrected chi connectivity index (χ1v) is 6.67. The van der Waals surface area contributed by atoms with Crippen LogP contribution >= 0.6 is 0 Å². The molecule has 0 aliphatic heterocycles. The average molecular weight is 328 g/mol. The van der Waals surface area contributed by atoms with Gasteiger partial charge in [-0.1, -0.05) is 6.07 Å². The van der Waals surface area contributed by atoms with Gasteiger partial charge in [-0.3, -0.25) is 0 Å². The van der Waals surface area contributed by atoms with Crippen molar-refractivity contribution in [1.82, 2.24) is 5.32 Å². The smallest absolute Gasteiger partial charge is 0.416 e. The van der Waals surface area contributed by atoms with Crippen molar-refractivity contribution in [1.29, 1.82) is 0 Å². The fraction of sp³-hybridized carbons (Fsp3) is 0.267. The lowest BCUT2D eigenvalue weighted by molar-refractivity contribution is -0.137. The zero-order valence-electron chi connectivity index (χ0n) is 12.1. The van der Waals surface area contributed by atoms with E-state index in [2.05, 4.69) is 10.6 Å². The molecule has 23 heavy (non-hydrogen) atoms. The highest BCUT2D eigenvalue weighted by atomic mass is 19.4. The third kappa shape index (κ3) is 4.49. The number of benzene rings is 1. The molecule has 1 atom stereocenters. The van der Waals surface area contributed by atoms with E-state index in [1.165, 1.54) is 25.3 Å². The van der Waals surface area contributed by atoms with Gasteiger partial charge in [0.2, 0.25) is 0 Å². The number of anilines is 1. The molecule has 1 aromatic heterocycles. The molecule has 0 radical (unpaired) electrons. The highest BCUT2D eigenvalue weighted by molar-refractivity contribution is 5.89. The van der Waals surface area contributed by atoms with Gasteiger partial charge < -0.3 is 20.2 Å². The van der Waals surface area contributed by atoms with Crippen LogP contribution in [0.5, 0.6) is 0 Å². The van der Waals surface area contributed by atoms with Gasteiger partial charge in [0.25, 0.3) is 0 Å². The van der Waals surface area contributed by atoms with E-state index in [0.717, 1.165) is 12.1 Å². The van der Waals surface area contributed by atoms with Crippen LogP contribution in [0, 0.1) is 0 Å². The van der Waals surface area contributed by atoms with Gasteiger partial charge in [0.1, 0.15) is 11.4 Å². The molecule has 0 bridgehead atoms. The van der Waals surface area contributed by atoms with Gasteiger partial charge in [-0.15, -0.1) is 0 Å². The average Bonchev–Trinajstić information content (AvgIpc) is 3.00. The van der Waals surface area contributed by atoms with Crippen molar-refractivity contribution in [3.63, 3.8) is 0 Å². The lowest BCUT2D eigenvalue weighted by atomic mass is 10.0. The SMILES string of the molecule is CC(O)(CNC(=O)Nc1cccc(C(F)(F)F)c1)c1ccco1. The standard InChI is InChI=1S/C15H15F3N2O3/c1-14(22,12-6-3-7-23-12)9-19-13(21)20-11-5-2-4-10(8-11)15(16,17)18/h2-8,22H,9H2,1H3,(H2,19,20,21). The summed E-state index contributed by atoms with van der Waals surface area (Å²) in [4.78, 5) is 11.7. The van der Waals surface area contributed by atoms with E-state index in [0.29, 0.717) is 0 Å². The normalized spacial score (nSPS) is 14.1. The minimum absolute atomic E-state index is 0.00466. The molecular formula is C15H15F3N2O3. The van der Waals surface area contributed by atoms with E-state index in [1.807, 2.05) is 0 Å². The van der Waals surface area contributed by atoms with Crippen molar-refractivity contribution in [2.75, 3.05) is 11.9 Å². The van der Waals surface area contributed by atoms with E-state index in [-0.39, 0.29) is 18.0 Å². The topological polar surface area (TPSA) is 74.5 Å². The summed E-state index contributed by atoms with van der Waals surface area (Å²) in [5.41, 5.74) is -2.30. The van der Waals surface area contributed by atoms with E-state index in [4.69, 9.17) is 4.42 Å². The molecule has 2 rings (SSSR count). The van der Waals surface area contributed by atoms with Crippen LogP contribution < -0.4 is 10.6 Å². The molecule has 1 aromatic carbocycles. The van der Waals surface area contributed by atoms with Gasteiger partial charge in [-0.25, -0.2) is 4.79 Å². The first kappa shape index (κ1) is 16.9. The molecule has 0 saturated heterocycles. The number of rotatable bonds is 4. The summed E-state index contributed by atoms with van der Waals surface area (Å²) in [5, 5.41) is 14.8. The fourth-order valence-corrected chi connectivity index (χ4v) is 1.87. The van der Waals surface area contributed by atoms with Crippen molar-refractivity contribution in [3.8, 4) is 0 Å². The number of halogens is 3. The second-order valence-corrected chi connectivity index (χ2v) is 5.14.